The largest absolute Gasteiger partial charge is 0.481 e. The standard InChI is InChI=1S/C30H30ClFN2O2S/c1-18-14-22(32)7-10-24(18)27-17-30(35,12-13-33-27)28(19-4-8-23(37-3)9-5-19)25-16-20-15-21(31)6-11-26(20)34-29(25)36-2/h4-11,14-16,27-28,33,35H,12-13,17H2,1-3H3. The van der Waals surface area contributed by atoms with Crippen LogP contribution in [0.1, 0.15) is 47.1 Å². The van der Waals surface area contributed by atoms with E-state index >= 15 is 0 Å². The smallest absolute Gasteiger partial charge is 0.217 e. The fourth-order valence-electron chi connectivity index (χ4n) is 5.59. The molecule has 4 nitrogen and oxygen atoms in total. The van der Waals surface area contributed by atoms with Gasteiger partial charge in [0.1, 0.15) is 5.82 Å². The van der Waals surface area contributed by atoms with Crippen LogP contribution in [0.4, 0.5) is 4.39 Å². The van der Waals surface area contributed by atoms with Crippen LogP contribution in [-0.2, 0) is 0 Å². The van der Waals surface area contributed by atoms with E-state index in [4.69, 9.17) is 21.3 Å². The second kappa shape index (κ2) is 10.6. The van der Waals surface area contributed by atoms with E-state index in [0.717, 1.165) is 38.1 Å². The first-order valence-electron chi connectivity index (χ1n) is 12.3. The lowest BCUT2D eigenvalue weighted by molar-refractivity contribution is -0.0197. The Bertz CT molecular complexity index is 1430. The molecule has 37 heavy (non-hydrogen) atoms. The van der Waals surface area contributed by atoms with Crippen molar-refractivity contribution in [3.05, 3.63) is 99.8 Å². The number of thioether (sulfide) groups is 1. The third-order valence-electron chi connectivity index (χ3n) is 7.37. The predicted octanol–water partition coefficient (Wildman–Crippen LogP) is 7.05. The molecule has 2 N–H and O–H groups in total. The Morgan fingerprint density at radius 2 is 1.92 bits per heavy atom. The van der Waals surface area contributed by atoms with Crippen molar-refractivity contribution in [3.8, 4) is 5.88 Å². The lowest BCUT2D eigenvalue weighted by atomic mass is 9.70. The van der Waals surface area contributed by atoms with Crippen molar-refractivity contribution >= 4 is 34.3 Å². The average molecular weight is 537 g/mol. The normalized spacial score (nSPS) is 20.6. The van der Waals surface area contributed by atoms with Crippen LogP contribution in [0, 0.1) is 12.7 Å². The molecule has 0 bridgehead atoms. The van der Waals surface area contributed by atoms with E-state index in [1.54, 1.807) is 24.9 Å². The number of benzene rings is 3. The number of rotatable bonds is 6. The second-order valence-corrected chi connectivity index (χ2v) is 11.0. The molecule has 0 radical (unpaired) electrons. The van der Waals surface area contributed by atoms with Gasteiger partial charge in [-0.05, 0) is 97.8 Å². The summed E-state index contributed by atoms with van der Waals surface area (Å²) in [4.78, 5) is 5.94. The predicted molar refractivity (Wildman–Crippen MR) is 149 cm³/mol. The Morgan fingerprint density at radius 1 is 1.14 bits per heavy atom. The van der Waals surface area contributed by atoms with Gasteiger partial charge in [0.2, 0.25) is 5.88 Å². The van der Waals surface area contributed by atoms with Gasteiger partial charge in [0, 0.05) is 32.8 Å². The molecule has 7 heteroatoms. The molecule has 0 saturated carbocycles. The Hall–Kier alpha value is -2.64. The first-order chi connectivity index (χ1) is 17.8. The van der Waals surface area contributed by atoms with Crippen molar-refractivity contribution in [3.63, 3.8) is 0 Å². The monoisotopic (exact) mass is 536 g/mol. The van der Waals surface area contributed by atoms with Crippen LogP contribution in [0.3, 0.4) is 0 Å². The van der Waals surface area contributed by atoms with E-state index in [9.17, 15) is 9.50 Å². The second-order valence-electron chi connectivity index (χ2n) is 9.70. The van der Waals surface area contributed by atoms with Gasteiger partial charge in [-0.1, -0.05) is 29.8 Å². The van der Waals surface area contributed by atoms with Gasteiger partial charge in [0.15, 0.2) is 0 Å². The first-order valence-corrected chi connectivity index (χ1v) is 13.9. The van der Waals surface area contributed by atoms with E-state index in [0.29, 0.717) is 30.3 Å². The number of methoxy groups -OCH3 is 1. The van der Waals surface area contributed by atoms with Crippen molar-refractivity contribution in [1.82, 2.24) is 10.3 Å². The lowest BCUT2D eigenvalue weighted by Crippen LogP contribution is -2.48. The summed E-state index contributed by atoms with van der Waals surface area (Å²) in [5.41, 5.74) is 3.32. The summed E-state index contributed by atoms with van der Waals surface area (Å²) in [6, 6.07) is 20.6. The quantitative estimate of drug-likeness (QED) is 0.258. The Balaban J connectivity index is 1.66. The van der Waals surface area contributed by atoms with Gasteiger partial charge < -0.3 is 15.2 Å². The molecule has 3 aromatic carbocycles. The van der Waals surface area contributed by atoms with Crippen molar-refractivity contribution in [1.29, 1.82) is 0 Å². The highest BCUT2D eigenvalue weighted by molar-refractivity contribution is 7.98. The van der Waals surface area contributed by atoms with E-state index in [2.05, 4.69) is 29.6 Å². The highest BCUT2D eigenvalue weighted by Gasteiger charge is 2.44. The van der Waals surface area contributed by atoms with Gasteiger partial charge in [0.05, 0.1) is 18.2 Å². The van der Waals surface area contributed by atoms with Gasteiger partial charge >= 0.3 is 0 Å². The number of ether oxygens (including phenoxy) is 1. The number of hydrogen-bond acceptors (Lipinski definition) is 5. The van der Waals surface area contributed by atoms with Crippen LogP contribution in [0.5, 0.6) is 5.88 Å². The van der Waals surface area contributed by atoms with E-state index < -0.39 is 11.5 Å². The van der Waals surface area contributed by atoms with E-state index in [-0.39, 0.29) is 11.9 Å². The van der Waals surface area contributed by atoms with Crippen LogP contribution < -0.4 is 10.1 Å². The number of aryl methyl sites for hydroxylation is 1. The van der Waals surface area contributed by atoms with Crippen molar-refractivity contribution in [2.24, 2.45) is 0 Å². The zero-order valence-corrected chi connectivity index (χ0v) is 22.7. The summed E-state index contributed by atoms with van der Waals surface area (Å²) in [5.74, 6) is -0.181. The molecule has 1 aromatic heterocycles. The summed E-state index contributed by atoms with van der Waals surface area (Å²) in [7, 11) is 1.61. The number of fused-ring (bicyclic) bond motifs is 1. The number of piperidine rings is 1. The van der Waals surface area contributed by atoms with E-state index in [1.165, 1.54) is 6.07 Å². The molecule has 3 atom stereocenters. The number of aromatic nitrogens is 1. The Labute approximate surface area is 226 Å². The van der Waals surface area contributed by atoms with Crippen molar-refractivity contribution in [2.45, 2.75) is 42.2 Å². The molecule has 1 saturated heterocycles. The number of hydrogen-bond donors (Lipinski definition) is 2. The first kappa shape index (κ1) is 26.0. The molecule has 1 fully saturated rings. The van der Waals surface area contributed by atoms with E-state index in [1.807, 2.05) is 43.5 Å². The molecular weight excluding hydrogens is 507 g/mol. The molecule has 1 aliphatic rings. The van der Waals surface area contributed by atoms with Crippen LogP contribution in [0.25, 0.3) is 10.9 Å². The maximum absolute atomic E-state index is 13.8. The summed E-state index contributed by atoms with van der Waals surface area (Å²) >= 11 is 7.99. The number of nitrogens with one attached hydrogen (secondary N) is 1. The number of nitrogens with zero attached hydrogens (tertiary/aromatic N) is 1. The summed E-state index contributed by atoms with van der Waals surface area (Å²) in [6.07, 6.45) is 3.03. The SMILES string of the molecule is COc1nc2ccc(Cl)cc2cc1C(c1ccc(SC)cc1)C1(O)CCNC(c2ccc(F)cc2C)C1. The Morgan fingerprint density at radius 3 is 2.62 bits per heavy atom. The maximum atomic E-state index is 13.8. The number of pyridine rings is 1. The fourth-order valence-corrected chi connectivity index (χ4v) is 6.18. The zero-order chi connectivity index (χ0) is 26.2. The minimum absolute atomic E-state index is 0.124. The highest BCUT2D eigenvalue weighted by atomic mass is 35.5. The molecule has 3 unspecified atom stereocenters. The van der Waals surface area contributed by atoms with Crippen LogP contribution >= 0.6 is 23.4 Å². The highest BCUT2D eigenvalue weighted by Crippen LogP contribution is 2.47. The molecular formula is C30H30ClFN2O2S. The van der Waals surface area contributed by atoms with Crippen LogP contribution in [0.2, 0.25) is 5.02 Å². The van der Waals surface area contributed by atoms with Gasteiger partial charge in [-0.3, -0.25) is 0 Å². The molecule has 0 aliphatic carbocycles. The summed E-state index contributed by atoms with van der Waals surface area (Å²) in [5, 5.41) is 17.5. The van der Waals surface area contributed by atoms with Crippen LogP contribution in [0.15, 0.2) is 71.6 Å². The maximum Gasteiger partial charge on any atom is 0.217 e. The number of aliphatic hydroxyl groups is 1. The molecule has 5 rings (SSSR count). The Kier molecular flexibility index (Phi) is 7.46. The summed E-state index contributed by atoms with van der Waals surface area (Å²) in [6.45, 7) is 2.53. The average Bonchev–Trinajstić information content (AvgIpc) is 2.88. The lowest BCUT2D eigenvalue weighted by Gasteiger charge is -2.44. The third kappa shape index (κ3) is 5.21. The van der Waals surface area contributed by atoms with Crippen LogP contribution in [-0.4, -0.2) is 35.6 Å². The molecule has 192 valence electrons. The number of halogens is 2. The molecule has 1 aliphatic heterocycles. The van der Waals surface area contributed by atoms with Crippen molar-refractivity contribution < 1.29 is 14.2 Å². The molecule has 0 amide bonds. The third-order valence-corrected chi connectivity index (χ3v) is 8.35. The topological polar surface area (TPSA) is 54.4 Å². The minimum Gasteiger partial charge on any atom is -0.481 e. The molecule has 2 heterocycles. The molecule has 4 aromatic rings. The van der Waals surface area contributed by atoms with Gasteiger partial charge in [-0.25, -0.2) is 9.37 Å². The van der Waals surface area contributed by atoms with Gasteiger partial charge in [-0.15, -0.1) is 11.8 Å². The van der Waals surface area contributed by atoms with Gasteiger partial charge in [0.25, 0.3) is 0 Å². The fraction of sp³-hybridized carbons (Fsp3) is 0.300. The molecule has 0 spiro atoms. The minimum atomic E-state index is -1.11. The summed E-state index contributed by atoms with van der Waals surface area (Å²) < 4.78 is 19.6. The van der Waals surface area contributed by atoms with Crippen molar-refractivity contribution in [2.75, 3.05) is 19.9 Å². The zero-order valence-electron chi connectivity index (χ0n) is 21.1. The van der Waals surface area contributed by atoms with Gasteiger partial charge in [-0.2, -0.15) is 0 Å².